The van der Waals surface area contributed by atoms with Gasteiger partial charge in [-0.15, -0.1) is 0 Å². The summed E-state index contributed by atoms with van der Waals surface area (Å²) >= 11 is 0. The van der Waals surface area contributed by atoms with E-state index in [1.165, 1.54) is 25.7 Å². The molecular weight excluding hydrogens is 202 g/mol. The molecule has 0 aromatic rings. The minimum absolute atomic E-state index is 0.0879. The highest BCUT2D eigenvalue weighted by atomic mass is 16.2. The van der Waals surface area contributed by atoms with E-state index in [4.69, 9.17) is 5.73 Å². The molecule has 0 radical (unpaired) electrons. The molecule has 92 valence electrons. The van der Waals surface area contributed by atoms with Crippen molar-refractivity contribution < 1.29 is 4.79 Å². The molecular formula is C12H23N3O. The lowest BCUT2D eigenvalue weighted by Crippen LogP contribution is -2.48. The van der Waals surface area contributed by atoms with Crippen LogP contribution in [-0.4, -0.2) is 43.0 Å². The first-order valence-electron chi connectivity index (χ1n) is 6.51. The van der Waals surface area contributed by atoms with E-state index in [0.29, 0.717) is 12.3 Å². The van der Waals surface area contributed by atoms with Crippen LogP contribution in [0.2, 0.25) is 0 Å². The summed E-state index contributed by atoms with van der Waals surface area (Å²) in [7, 11) is 0. The largest absolute Gasteiger partial charge is 0.340 e. The molecule has 1 saturated carbocycles. The molecule has 4 nitrogen and oxygen atoms in total. The van der Waals surface area contributed by atoms with Gasteiger partial charge in [0.05, 0.1) is 0 Å². The van der Waals surface area contributed by atoms with Crippen molar-refractivity contribution in [3.63, 3.8) is 0 Å². The Morgan fingerprint density at radius 2 is 1.94 bits per heavy atom. The fourth-order valence-electron chi connectivity index (χ4n) is 2.80. The fourth-order valence-corrected chi connectivity index (χ4v) is 2.80. The van der Waals surface area contributed by atoms with Gasteiger partial charge in [-0.25, -0.2) is 0 Å². The van der Waals surface area contributed by atoms with Crippen LogP contribution in [0, 0.1) is 5.92 Å². The third kappa shape index (κ3) is 2.95. The summed E-state index contributed by atoms with van der Waals surface area (Å²) in [5.41, 5.74) is 6.12. The van der Waals surface area contributed by atoms with Crippen LogP contribution in [0.15, 0.2) is 0 Å². The monoisotopic (exact) mass is 225 g/mol. The molecule has 2 rings (SSSR count). The second kappa shape index (κ2) is 5.64. The maximum absolute atomic E-state index is 12.0. The Kier molecular flexibility index (Phi) is 4.18. The molecule has 0 aromatic carbocycles. The number of nitrogens with one attached hydrogen (secondary N) is 1. The Balaban J connectivity index is 1.76. The minimum Gasteiger partial charge on any atom is -0.340 e. The van der Waals surface area contributed by atoms with E-state index >= 15 is 0 Å². The van der Waals surface area contributed by atoms with Gasteiger partial charge >= 0.3 is 0 Å². The van der Waals surface area contributed by atoms with Crippen LogP contribution in [-0.2, 0) is 4.79 Å². The number of piperazine rings is 1. The van der Waals surface area contributed by atoms with Crippen molar-refractivity contribution in [2.24, 2.45) is 11.7 Å². The third-order valence-corrected chi connectivity index (χ3v) is 3.89. The van der Waals surface area contributed by atoms with E-state index in [1.807, 2.05) is 4.90 Å². The smallest absolute Gasteiger partial charge is 0.224 e. The lowest BCUT2D eigenvalue weighted by molar-refractivity contribution is -0.132. The first kappa shape index (κ1) is 11.9. The summed E-state index contributed by atoms with van der Waals surface area (Å²) in [5, 5.41) is 3.25. The minimum atomic E-state index is 0.0879. The van der Waals surface area contributed by atoms with Crippen molar-refractivity contribution in [2.75, 3.05) is 26.2 Å². The lowest BCUT2D eigenvalue weighted by atomic mass is 9.96. The van der Waals surface area contributed by atoms with Crippen molar-refractivity contribution in [1.82, 2.24) is 10.2 Å². The lowest BCUT2D eigenvalue weighted by Gasteiger charge is -2.29. The van der Waals surface area contributed by atoms with Gasteiger partial charge in [-0.2, -0.15) is 0 Å². The van der Waals surface area contributed by atoms with Gasteiger partial charge in [-0.1, -0.05) is 12.8 Å². The zero-order valence-electron chi connectivity index (χ0n) is 9.95. The standard InChI is InChI=1S/C12H23N3O/c13-11(10-3-1-2-4-10)9-12(16)15-7-5-14-6-8-15/h10-11,14H,1-9,13H2. The molecule has 2 aliphatic rings. The first-order valence-corrected chi connectivity index (χ1v) is 6.51. The van der Waals surface area contributed by atoms with Crippen molar-refractivity contribution >= 4 is 5.91 Å². The SMILES string of the molecule is NC(CC(=O)N1CCNCC1)C1CCCC1. The molecule has 16 heavy (non-hydrogen) atoms. The van der Waals surface area contributed by atoms with E-state index in [-0.39, 0.29) is 11.9 Å². The molecule has 1 aliphatic heterocycles. The van der Waals surface area contributed by atoms with Gasteiger partial charge in [-0.3, -0.25) is 4.79 Å². The molecule has 2 fully saturated rings. The number of carbonyl (C=O) groups is 1. The molecule has 0 spiro atoms. The van der Waals surface area contributed by atoms with Crippen molar-refractivity contribution in [3.8, 4) is 0 Å². The predicted molar refractivity (Wildman–Crippen MR) is 64.0 cm³/mol. The van der Waals surface area contributed by atoms with Crippen molar-refractivity contribution in [3.05, 3.63) is 0 Å². The van der Waals surface area contributed by atoms with Gasteiger partial charge in [0, 0.05) is 38.6 Å². The number of hydrogen-bond donors (Lipinski definition) is 2. The number of nitrogens with zero attached hydrogens (tertiary/aromatic N) is 1. The average Bonchev–Trinajstić information content (AvgIpc) is 2.83. The molecule has 1 aliphatic carbocycles. The van der Waals surface area contributed by atoms with Gasteiger partial charge in [0.2, 0.25) is 5.91 Å². The summed E-state index contributed by atoms with van der Waals surface area (Å²) in [6.07, 6.45) is 5.57. The Bertz CT molecular complexity index is 232. The van der Waals surface area contributed by atoms with E-state index < -0.39 is 0 Å². The normalized spacial score (nSPS) is 24.7. The molecule has 1 unspecified atom stereocenters. The molecule has 3 N–H and O–H groups in total. The first-order chi connectivity index (χ1) is 7.77. The summed E-state index contributed by atoms with van der Waals surface area (Å²) < 4.78 is 0. The van der Waals surface area contributed by atoms with Gasteiger partial charge in [0.1, 0.15) is 0 Å². The molecule has 0 bridgehead atoms. The van der Waals surface area contributed by atoms with Crippen LogP contribution in [0.5, 0.6) is 0 Å². The zero-order chi connectivity index (χ0) is 11.4. The highest BCUT2D eigenvalue weighted by Gasteiger charge is 2.26. The Morgan fingerprint density at radius 3 is 2.56 bits per heavy atom. The highest BCUT2D eigenvalue weighted by Crippen LogP contribution is 2.28. The van der Waals surface area contributed by atoms with E-state index in [0.717, 1.165) is 26.2 Å². The van der Waals surface area contributed by atoms with Crippen LogP contribution < -0.4 is 11.1 Å². The maximum Gasteiger partial charge on any atom is 0.224 e. The number of rotatable bonds is 3. The van der Waals surface area contributed by atoms with Gasteiger partial charge in [-0.05, 0) is 18.8 Å². The number of amides is 1. The summed E-state index contributed by atoms with van der Waals surface area (Å²) in [4.78, 5) is 13.9. The van der Waals surface area contributed by atoms with E-state index in [2.05, 4.69) is 5.32 Å². The third-order valence-electron chi connectivity index (χ3n) is 3.89. The maximum atomic E-state index is 12.0. The van der Waals surface area contributed by atoms with Gasteiger partial charge in [0.15, 0.2) is 0 Å². The van der Waals surface area contributed by atoms with Crippen LogP contribution in [0.1, 0.15) is 32.1 Å². The highest BCUT2D eigenvalue weighted by molar-refractivity contribution is 5.77. The second-order valence-electron chi connectivity index (χ2n) is 5.04. The Labute approximate surface area is 97.6 Å². The number of nitrogens with two attached hydrogens (primary N) is 1. The Morgan fingerprint density at radius 1 is 1.31 bits per heavy atom. The molecule has 1 saturated heterocycles. The quantitative estimate of drug-likeness (QED) is 0.727. The summed E-state index contributed by atoms with van der Waals surface area (Å²) in [6.45, 7) is 3.53. The second-order valence-corrected chi connectivity index (χ2v) is 5.04. The van der Waals surface area contributed by atoms with E-state index in [9.17, 15) is 4.79 Å². The molecule has 1 heterocycles. The van der Waals surface area contributed by atoms with E-state index in [1.54, 1.807) is 0 Å². The van der Waals surface area contributed by atoms with Gasteiger partial charge < -0.3 is 16.0 Å². The van der Waals surface area contributed by atoms with Crippen LogP contribution in [0.4, 0.5) is 0 Å². The van der Waals surface area contributed by atoms with Crippen LogP contribution >= 0.6 is 0 Å². The molecule has 0 aromatic heterocycles. The summed E-state index contributed by atoms with van der Waals surface area (Å²) in [6, 6.07) is 0.0879. The summed E-state index contributed by atoms with van der Waals surface area (Å²) in [5.74, 6) is 0.841. The topological polar surface area (TPSA) is 58.4 Å². The zero-order valence-corrected chi connectivity index (χ0v) is 9.95. The average molecular weight is 225 g/mol. The Hall–Kier alpha value is -0.610. The van der Waals surface area contributed by atoms with Crippen LogP contribution in [0.3, 0.4) is 0 Å². The molecule has 1 amide bonds. The molecule has 1 atom stereocenters. The number of carbonyl (C=O) groups excluding carboxylic acids is 1. The van der Waals surface area contributed by atoms with Crippen molar-refractivity contribution in [2.45, 2.75) is 38.1 Å². The predicted octanol–water partition coefficient (Wildman–Crippen LogP) is 0.326. The van der Waals surface area contributed by atoms with Gasteiger partial charge in [0.25, 0.3) is 0 Å². The van der Waals surface area contributed by atoms with Crippen molar-refractivity contribution in [1.29, 1.82) is 0 Å². The van der Waals surface area contributed by atoms with Crippen LogP contribution in [0.25, 0.3) is 0 Å². The fraction of sp³-hybridized carbons (Fsp3) is 0.917. The number of hydrogen-bond acceptors (Lipinski definition) is 3. The molecule has 4 heteroatoms.